The average molecular weight is 186 g/mol. The van der Waals surface area contributed by atoms with Crippen molar-refractivity contribution in [3.8, 4) is 0 Å². The first kappa shape index (κ1) is 12.7. The second kappa shape index (κ2) is 5.45. The van der Waals surface area contributed by atoms with Crippen LogP contribution < -0.4 is 34.7 Å². The zero-order valence-corrected chi connectivity index (χ0v) is 9.95. The predicted octanol–water partition coefficient (Wildman–Crippen LogP) is -2.09. The van der Waals surface area contributed by atoms with Gasteiger partial charge in [-0.2, -0.15) is 0 Å². The van der Waals surface area contributed by atoms with Crippen LogP contribution in [0.5, 0.6) is 0 Å². The number of aliphatic hydroxyl groups excluding tert-OH is 1. The molecule has 1 unspecified atom stereocenters. The summed E-state index contributed by atoms with van der Waals surface area (Å²) in [6, 6.07) is 7.22. The van der Waals surface area contributed by atoms with Crippen molar-refractivity contribution in [2.24, 2.45) is 0 Å². The van der Waals surface area contributed by atoms with Gasteiger partial charge in [0.25, 0.3) is 0 Å². The van der Waals surface area contributed by atoms with Crippen LogP contribution in [0.25, 0.3) is 0 Å². The molecule has 0 aromatic heterocycles. The fourth-order valence-electron chi connectivity index (χ4n) is 1.07. The third-order valence-electron chi connectivity index (χ3n) is 1.79. The molecule has 1 rings (SSSR count). The normalized spacial score (nSPS) is 11.5. The zero-order chi connectivity index (χ0) is 9.14. The molecule has 0 bridgehead atoms. The SMILES string of the molecule is C=C([O-])C(O)c1ccccc1C.[Na+]. The summed E-state index contributed by atoms with van der Waals surface area (Å²) in [4.78, 5) is 0. The van der Waals surface area contributed by atoms with E-state index in [9.17, 15) is 10.2 Å². The van der Waals surface area contributed by atoms with E-state index in [0.29, 0.717) is 5.56 Å². The standard InChI is InChI=1S/C10H12O2.Na/c1-7-5-3-4-6-9(7)10(12)8(2)11;/h3-6,10-12H,2H2,1H3;/q;+1/p-1. The van der Waals surface area contributed by atoms with Gasteiger partial charge in [0.1, 0.15) is 0 Å². The van der Waals surface area contributed by atoms with E-state index < -0.39 is 11.9 Å². The number of hydrogen-bond donors (Lipinski definition) is 1. The van der Waals surface area contributed by atoms with Crippen LogP contribution in [0.2, 0.25) is 0 Å². The summed E-state index contributed by atoms with van der Waals surface area (Å²) in [6.45, 7) is 5.02. The number of benzene rings is 1. The van der Waals surface area contributed by atoms with E-state index in [0.717, 1.165) is 5.56 Å². The van der Waals surface area contributed by atoms with Crippen molar-refractivity contribution >= 4 is 0 Å². The monoisotopic (exact) mass is 186 g/mol. The molecule has 0 fully saturated rings. The third kappa shape index (κ3) is 3.16. The maximum absolute atomic E-state index is 10.7. The number of rotatable bonds is 2. The van der Waals surface area contributed by atoms with Crippen molar-refractivity contribution in [1.29, 1.82) is 0 Å². The molecule has 2 nitrogen and oxygen atoms in total. The molecule has 0 aliphatic carbocycles. The first-order valence-corrected chi connectivity index (χ1v) is 3.72. The van der Waals surface area contributed by atoms with Crippen LogP contribution in [0, 0.1) is 6.92 Å². The fourth-order valence-corrected chi connectivity index (χ4v) is 1.07. The van der Waals surface area contributed by atoms with Gasteiger partial charge in [-0.15, -0.1) is 12.3 Å². The molecule has 3 heteroatoms. The second-order valence-corrected chi connectivity index (χ2v) is 2.73. The molecule has 0 heterocycles. The molecule has 0 saturated heterocycles. The van der Waals surface area contributed by atoms with E-state index in [1.165, 1.54) is 0 Å². The summed E-state index contributed by atoms with van der Waals surface area (Å²) in [5, 5.41) is 20.1. The van der Waals surface area contributed by atoms with E-state index in [4.69, 9.17) is 0 Å². The molecular formula is C10H11NaO2. The minimum atomic E-state index is -1.08. The minimum absolute atomic E-state index is 0. The molecule has 1 aromatic rings. The third-order valence-corrected chi connectivity index (χ3v) is 1.79. The van der Waals surface area contributed by atoms with Gasteiger partial charge in [-0.1, -0.05) is 24.3 Å². The Morgan fingerprint density at radius 3 is 2.46 bits per heavy atom. The van der Waals surface area contributed by atoms with Crippen molar-refractivity contribution in [1.82, 2.24) is 0 Å². The van der Waals surface area contributed by atoms with Crippen LogP contribution in [0.1, 0.15) is 17.2 Å². The second-order valence-electron chi connectivity index (χ2n) is 2.73. The van der Waals surface area contributed by atoms with Crippen LogP contribution in [0.3, 0.4) is 0 Å². The Morgan fingerprint density at radius 2 is 2.00 bits per heavy atom. The van der Waals surface area contributed by atoms with Gasteiger partial charge in [0.15, 0.2) is 0 Å². The van der Waals surface area contributed by atoms with Gasteiger partial charge in [0, 0.05) is 0 Å². The Hall–Kier alpha value is -0.280. The molecule has 0 aliphatic rings. The van der Waals surface area contributed by atoms with E-state index >= 15 is 0 Å². The maximum atomic E-state index is 10.7. The molecule has 64 valence electrons. The summed E-state index contributed by atoms with van der Waals surface area (Å²) in [7, 11) is 0. The summed E-state index contributed by atoms with van der Waals surface area (Å²) in [5.41, 5.74) is 1.54. The van der Waals surface area contributed by atoms with Gasteiger partial charge < -0.3 is 10.2 Å². The minimum Gasteiger partial charge on any atom is -0.874 e. The zero-order valence-electron chi connectivity index (χ0n) is 7.95. The summed E-state index contributed by atoms with van der Waals surface area (Å²) < 4.78 is 0. The Balaban J connectivity index is 0.00000144. The molecule has 0 saturated carbocycles. The van der Waals surface area contributed by atoms with Crippen molar-refractivity contribution in [3.05, 3.63) is 47.7 Å². The maximum Gasteiger partial charge on any atom is 1.00 e. The van der Waals surface area contributed by atoms with Gasteiger partial charge in [-0.05, 0) is 18.1 Å². The molecule has 0 spiro atoms. The first-order chi connectivity index (χ1) is 5.63. The Morgan fingerprint density at radius 1 is 1.46 bits per heavy atom. The molecule has 0 aliphatic heterocycles. The summed E-state index contributed by atoms with van der Waals surface area (Å²) in [6.07, 6.45) is -1.08. The number of aliphatic hydroxyl groups is 1. The molecule has 0 amide bonds. The largest absolute Gasteiger partial charge is 1.00 e. The Labute approximate surface area is 100 Å². The van der Waals surface area contributed by atoms with Crippen molar-refractivity contribution < 1.29 is 39.8 Å². The van der Waals surface area contributed by atoms with E-state index in [1.807, 2.05) is 19.1 Å². The average Bonchev–Trinajstić information content (AvgIpc) is 2.04. The molecule has 0 radical (unpaired) electrons. The number of aryl methyl sites for hydroxylation is 1. The smallest absolute Gasteiger partial charge is 0.874 e. The van der Waals surface area contributed by atoms with Gasteiger partial charge in [-0.3, -0.25) is 0 Å². The fraction of sp³-hybridized carbons (Fsp3) is 0.200. The first-order valence-electron chi connectivity index (χ1n) is 3.72. The van der Waals surface area contributed by atoms with Gasteiger partial charge in [-0.25, -0.2) is 0 Å². The summed E-state index contributed by atoms with van der Waals surface area (Å²) >= 11 is 0. The van der Waals surface area contributed by atoms with Crippen molar-refractivity contribution in [2.45, 2.75) is 13.0 Å². The Bertz CT molecular complexity index is 297. The van der Waals surface area contributed by atoms with Crippen LogP contribution in [0.4, 0.5) is 0 Å². The quantitative estimate of drug-likeness (QED) is 0.425. The molecule has 13 heavy (non-hydrogen) atoms. The molecule has 1 N–H and O–H groups in total. The van der Waals surface area contributed by atoms with E-state index in [2.05, 4.69) is 6.58 Å². The van der Waals surface area contributed by atoms with E-state index in [1.54, 1.807) is 12.1 Å². The van der Waals surface area contributed by atoms with Crippen LogP contribution in [-0.4, -0.2) is 5.11 Å². The topological polar surface area (TPSA) is 43.3 Å². The van der Waals surface area contributed by atoms with Gasteiger partial charge in [0.05, 0.1) is 6.10 Å². The molecule has 1 atom stereocenters. The van der Waals surface area contributed by atoms with Crippen LogP contribution in [0.15, 0.2) is 36.6 Å². The van der Waals surface area contributed by atoms with Crippen LogP contribution >= 0.6 is 0 Å². The van der Waals surface area contributed by atoms with Crippen molar-refractivity contribution in [2.75, 3.05) is 0 Å². The Kier molecular flexibility index (Phi) is 5.33. The predicted molar refractivity (Wildman–Crippen MR) is 45.3 cm³/mol. The van der Waals surface area contributed by atoms with E-state index in [-0.39, 0.29) is 29.6 Å². The van der Waals surface area contributed by atoms with Crippen LogP contribution in [-0.2, 0) is 0 Å². The molecule has 1 aromatic carbocycles. The summed E-state index contributed by atoms with van der Waals surface area (Å²) in [5.74, 6) is -0.468. The van der Waals surface area contributed by atoms with Gasteiger partial charge >= 0.3 is 29.6 Å². The van der Waals surface area contributed by atoms with Crippen molar-refractivity contribution in [3.63, 3.8) is 0 Å². The molecular weight excluding hydrogens is 175 g/mol. The van der Waals surface area contributed by atoms with Gasteiger partial charge in [0.2, 0.25) is 0 Å². The number of hydrogen-bond acceptors (Lipinski definition) is 2.